The Morgan fingerprint density at radius 1 is 1.10 bits per heavy atom. The Hall–Kier alpha value is -1.51. The van der Waals surface area contributed by atoms with E-state index in [1.807, 2.05) is 32.9 Å². The van der Waals surface area contributed by atoms with Gasteiger partial charge in [-0.3, -0.25) is 0 Å². The molecule has 0 spiro atoms. The van der Waals surface area contributed by atoms with Gasteiger partial charge in [0.15, 0.2) is 6.10 Å². The van der Waals surface area contributed by atoms with Gasteiger partial charge in [0.05, 0.1) is 0 Å². The first-order chi connectivity index (χ1) is 9.40. The highest BCUT2D eigenvalue weighted by atomic mass is 16.6. The molecule has 118 valence electrons. The molecule has 21 heavy (non-hydrogen) atoms. The zero-order valence-electron chi connectivity index (χ0n) is 14.5. The molecule has 1 atom stereocenters. The highest BCUT2D eigenvalue weighted by molar-refractivity contribution is 5.75. The third-order valence-corrected chi connectivity index (χ3v) is 2.99. The lowest BCUT2D eigenvalue weighted by atomic mass is 9.85. The normalized spacial score (nSPS) is 13.7. The minimum absolute atomic E-state index is 0.0466. The maximum absolute atomic E-state index is 12.0. The van der Waals surface area contributed by atoms with Crippen molar-refractivity contribution < 1.29 is 14.3 Å². The summed E-state index contributed by atoms with van der Waals surface area (Å²) in [6.45, 7) is 15.7. The third kappa shape index (κ3) is 5.41. The van der Waals surface area contributed by atoms with Gasteiger partial charge in [0.2, 0.25) is 0 Å². The summed E-state index contributed by atoms with van der Waals surface area (Å²) in [5, 5.41) is 0. The fraction of sp³-hybridized carbons (Fsp3) is 0.611. The minimum atomic E-state index is -0.631. The van der Waals surface area contributed by atoms with E-state index < -0.39 is 11.7 Å². The molecule has 1 rings (SSSR count). The highest BCUT2D eigenvalue weighted by Gasteiger charge is 2.26. The number of carbonyl (C=O) groups excluding carboxylic acids is 1. The maximum Gasteiger partial charge on any atom is 0.347 e. The number of rotatable bonds is 3. The first-order valence-corrected chi connectivity index (χ1v) is 7.41. The molecule has 0 fully saturated rings. The summed E-state index contributed by atoms with van der Waals surface area (Å²) in [5.74, 6) is 0.398. The molecule has 3 heteroatoms. The molecule has 0 aliphatic heterocycles. The lowest BCUT2D eigenvalue weighted by Gasteiger charge is -2.26. The lowest BCUT2D eigenvalue weighted by molar-refractivity contribution is -0.162. The quantitative estimate of drug-likeness (QED) is 0.774. The van der Waals surface area contributed by atoms with Crippen molar-refractivity contribution in [1.29, 1.82) is 0 Å². The first kappa shape index (κ1) is 17.5. The monoisotopic (exact) mass is 292 g/mol. The van der Waals surface area contributed by atoms with Crippen molar-refractivity contribution >= 4 is 5.97 Å². The molecule has 0 aromatic heterocycles. The van der Waals surface area contributed by atoms with E-state index in [-0.39, 0.29) is 11.4 Å². The van der Waals surface area contributed by atoms with Crippen LogP contribution in [-0.4, -0.2) is 17.7 Å². The predicted octanol–water partition coefficient (Wildman–Crippen LogP) is 4.40. The molecule has 1 unspecified atom stereocenters. The van der Waals surface area contributed by atoms with E-state index in [4.69, 9.17) is 9.47 Å². The minimum Gasteiger partial charge on any atom is -0.479 e. The summed E-state index contributed by atoms with van der Waals surface area (Å²) >= 11 is 0. The molecule has 0 heterocycles. The molecule has 1 aromatic rings. The number of hydrogen-bond acceptors (Lipinski definition) is 3. The molecule has 3 nitrogen and oxygen atoms in total. The molecular formula is C18H28O3. The first-order valence-electron chi connectivity index (χ1n) is 7.41. The molecule has 0 amide bonds. The van der Waals surface area contributed by atoms with Crippen LogP contribution in [-0.2, 0) is 14.9 Å². The van der Waals surface area contributed by atoms with Gasteiger partial charge in [-0.05, 0) is 51.7 Å². The Kier molecular flexibility index (Phi) is 5.08. The average molecular weight is 292 g/mol. The molecule has 0 aliphatic rings. The Morgan fingerprint density at radius 3 is 2.14 bits per heavy atom. The second kappa shape index (κ2) is 6.08. The molecule has 0 N–H and O–H groups in total. The van der Waals surface area contributed by atoms with Crippen molar-refractivity contribution in [2.75, 3.05) is 0 Å². The number of benzene rings is 1. The van der Waals surface area contributed by atoms with Crippen molar-refractivity contribution in [3.63, 3.8) is 0 Å². The van der Waals surface area contributed by atoms with Crippen LogP contribution >= 0.6 is 0 Å². The topological polar surface area (TPSA) is 35.5 Å². The van der Waals surface area contributed by atoms with Crippen LogP contribution in [0.4, 0.5) is 0 Å². The Morgan fingerprint density at radius 2 is 1.67 bits per heavy atom. The Bertz CT molecular complexity index is 504. The van der Waals surface area contributed by atoms with Gasteiger partial charge < -0.3 is 9.47 Å². The van der Waals surface area contributed by atoms with Crippen LogP contribution in [0.25, 0.3) is 0 Å². The summed E-state index contributed by atoms with van der Waals surface area (Å²) in [6.07, 6.45) is -0.631. The Balaban J connectivity index is 2.95. The van der Waals surface area contributed by atoms with E-state index in [0.29, 0.717) is 0 Å². The lowest BCUT2D eigenvalue weighted by Crippen LogP contribution is -2.33. The zero-order valence-corrected chi connectivity index (χ0v) is 14.5. The van der Waals surface area contributed by atoms with Crippen molar-refractivity contribution in [2.45, 2.75) is 72.5 Å². The van der Waals surface area contributed by atoms with Crippen LogP contribution in [0.1, 0.15) is 59.6 Å². The van der Waals surface area contributed by atoms with Crippen molar-refractivity contribution in [3.05, 3.63) is 29.3 Å². The molecular weight excluding hydrogens is 264 g/mol. The zero-order chi connectivity index (χ0) is 16.4. The summed E-state index contributed by atoms with van der Waals surface area (Å²) in [6, 6.07) is 6.03. The SMILES string of the molecule is Cc1ccc(OC(C)C(=O)OC(C)(C)C)c(C(C)(C)C)c1. The fourth-order valence-electron chi connectivity index (χ4n) is 1.96. The predicted molar refractivity (Wildman–Crippen MR) is 85.8 cm³/mol. The van der Waals surface area contributed by atoms with Crippen molar-refractivity contribution in [2.24, 2.45) is 0 Å². The summed E-state index contributed by atoms with van der Waals surface area (Å²) in [4.78, 5) is 12.0. The van der Waals surface area contributed by atoms with Gasteiger partial charge in [-0.1, -0.05) is 38.5 Å². The van der Waals surface area contributed by atoms with E-state index in [1.165, 1.54) is 5.56 Å². The standard InChI is InChI=1S/C18H28O3/c1-12-9-10-15(14(11-12)17(3,4)5)20-13(2)16(19)21-18(6,7)8/h9-11,13H,1-8H3. The molecule has 0 saturated carbocycles. The van der Waals surface area contributed by atoms with E-state index in [9.17, 15) is 4.79 Å². The molecule has 1 aromatic carbocycles. The number of esters is 1. The van der Waals surface area contributed by atoms with E-state index in [2.05, 4.69) is 33.8 Å². The van der Waals surface area contributed by atoms with Crippen LogP contribution in [0.15, 0.2) is 18.2 Å². The van der Waals surface area contributed by atoms with Crippen LogP contribution < -0.4 is 4.74 Å². The van der Waals surface area contributed by atoms with Gasteiger partial charge in [-0.25, -0.2) is 4.79 Å². The molecule has 0 radical (unpaired) electrons. The van der Waals surface area contributed by atoms with Gasteiger partial charge in [-0.15, -0.1) is 0 Å². The summed E-state index contributed by atoms with van der Waals surface area (Å²) < 4.78 is 11.2. The third-order valence-electron chi connectivity index (χ3n) is 2.99. The van der Waals surface area contributed by atoms with Crippen molar-refractivity contribution in [3.8, 4) is 5.75 Å². The second-order valence-electron chi connectivity index (χ2n) is 7.54. The smallest absolute Gasteiger partial charge is 0.347 e. The fourth-order valence-corrected chi connectivity index (χ4v) is 1.96. The molecule has 0 saturated heterocycles. The summed E-state index contributed by atoms with van der Waals surface area (Å²) in [7, 11) is 0. The van der Waals surface area contributed by atoms with Crippen LogP contribution in [0.3, 0.4) is 0 Å². The van der Waals surface area contributed by atoms with Gasteiger partial charge >= 0.3 is 5.97 Å². The Labute approximate surface area is 128 Å². The van der Waals surface area contributed by atoms with Crippen LogP contribution in [0.2, 0.25) is 0 Å². The van der Waals surface area contributed by atoms with E-state index in [0.717, 1.165) is 11.3 Å². The van der Waals surface area contributed by atoms with Gasteiger partial charge in [0.25, 0.3) is 0 Å². The van der Waals surface area contributed by atoms with Gasteiger partial charge in [-0.2, -0.15) is 0 Å². The largest absolute Gasteiger partial charge is 0.479 e. The van der Waals surface area contributed by atoms with Crippen molar-refractivity contribution in [1.82, 2.24) is 0 Å². The van der Waals surface area contributed by atoms with Crippen LogP contribution in [0, 0.1) is 6.92 Å². The molecule has 0 bridgehead atoms. The second-order valence-corrected chi connectivity index (χ2v) is 7.54. The van der Waals surface area contributed by atoms with Gasteiger partial charge in [0.1, 0.15) is 11.4 Å². The number of aryl methyl sites for hydroxylation is 1. The average Bonchev–Trinajstić information content (AvgIpc) is 2.27. The van der Waals surface area contributed by atoms with Gasteiger partial charge in [0, 0.05) is 0 Å². The maximum atomic E-state index is 12.0. The van der Waals surface area contributed by atoms with Crippen LogP contribution in [0.5, 0.6) is 5.75 Å². The number of hydrogen-bond donors (Lipinski definition) is 0. The highest BCUT2D eigenvalue weighted by Crippen LogP contribution is 2.32. The van der Waals surface area contributed by atoms with E-state index >= 15 is 0 Å². The molecule has 0 aliphatic carbocycles. The van der Waals surface area contributed by atoms with E-state index in [1.54, 1.807) is 6.92 Å². The summed E-state index contributed by atoms with van der Waals surface area (Å²) in [5.41, 5.74) is 1.72. The number of carbonyl (C=O) groups is 1. The number of ether oxygens (including phenoxy) is 2.